The zero-order valence-corrected chi connectivity index (χ0v) is 18.9. The molecule has 3 unspecified atom stereocenters. The van der Waals surface area contributed by atoms with Gasteiger partial charge in [-0.05, 0) is 13.3 Å². The molecule has 3 heterocycles. The Bertz CT molecular complexity index is 985. The number of cyclic esters (lactones) is 1. The number of carbonyl (C=O) groups is 2. The lowest BCUT2D eigenvalue weighted by atomic mass is 9.71. The molecule has 0 saturated carbocycles. The van der Waals surface area contributed by atoms with Gasteiger partial charge in [-0.1, -0.05) is 53.1 Å². The lowest BCUT2D eigenvalue weighted by Gasteiger charge is -2.51. The molecule has 1 aromatic carbocycles. The highest BCUT2D eigenvalue weighted by Gasteiger charge is 2.75. The van der Waals surface area contributed by atoms with Crippen LogP contribution in [0.2, 0.25) is 0 Å². The number of nitrogens with one attached hydrogen (secondary N) is 1. The second-order valence-corrected chi connectivity index (χ2v) is 9.10. The van der Waals surface area contributed by atoms with Crippen molar-refractivity contribution < 1.29 is 18.8 Å². The third-order valence-electron chi connectivity index (χ3n) is 6.25. The predicted molar refractivity (Wildman–Crippen MR) is 116 cm³/mol. The minimum Gasteiger partial charge on any atom is -0.431 e. The minimum absolute atomic E-state index is 0.0843. The maximum atomic E-state index is 16.2. The average molecular weight is 463 g/mol. The number of carbonyl (C=O) groups excluding carboxylic acids is 2. The normalized spacial score (nSPS) is 27.3. The first-order chi connectivity index (χ1) is 15.4. The van der Waals surface area contributed by atoms with Crippen molar-refractivity contribution in [3.63, 3.8) is 0 Å². The molecule has 172 valence electrons. The van der Waals surface area contributed by atoms with Gasteiger partial charge in [0, 0.05) is 38.2 Å². The fourth-order valence-corrected chi connectivity index (χ4v) is 5.94. The molecule has 0 bridgehead atoms. The van der Waals surface area contributed by atoms with E-state index in [0.29, 0.717) is 38.2 Å². The number of nitrogens with two attached hydrogens (primary N) is 1. The van der Waals surface area contributed by atoms with Crippen molar-refractivity contribution in [2.24, 2.45) is 11.7 Å². The first-order valence-corrected chi connectivity index (χ1v) is 11.5. The van der Waals surface area contributed by atoms with E-state index in [-0.39, 0.29) is 10.1 Å². The molecule has 3 N–H and O–H groups in total. The maximum absolute atomic E-state index is 16.2. The molecule has 4 rings (SSSR count). The molecular weight excluding hydrogens is 435 g/mol. The topological polar surface area (TPSA) is 114 Å². The molecule has 2 aliphatic rings. The van der Waals surface area contributed by atoms with E-state index >= 15 is 4.48 Å². The van der Waals surface area contributed by atoms with Gasteiger partial charge in [0.25, 0.3) is 0 Å². The molecule has 32 heavy (non-hydrogen) atoms. The molecule has 0 radical (unpaired) electrons. The van der Waals surface area contributed by atoms with Gasteiger partial charge in [-0.3, -0.25) is 9.69 Å². The maximum Gasteiger partial charge on any atom is 0.441 e. The zero-order chi connectivity index (χ0) is 22.9. The van der Waals surface area contributed by atoms with Gasteiger partial charge in [-0.25, -0.2) is 4.79 Å². The highest BCUT2D eigenvalue weighted by molar-refractivity contribution is 7.11. The average Bonchev–Trinajstić information content (AvgIpc) is 3.36. The van der Waals surface area contributed by atoms with Crippen LogP contribution in [-0.2, 0) is 27.2 Å². The molecule has 2 amide bonds. The van der Waals surface area contributed by atoms with Crippen molar-refractivity contribution in [1.82, 2.24) is 25.5 Å². The lowest BCUT2D eigenvalue weighted by Crippen LogP contribution is -2.68. The molecule has 2 fully saturated rings. The number of primary amides is 1. The number of benzene rings is 1. The van der Waals surface area contributed by atoms with Crippen LogP contribution < -0.4 is 11.1 Å². The van der Waals surface area contributed by atoms with Gasteiger partial charge >= 0.3 is 6.09 Å². The van der Waals surface area contributed by atoms with E-state index in [0.717, 1.165) is 11.4 Å². The van der Waals surface area contributed by atoms with Crippen LogP contribution in [-0.4, -0.2) is 58.4 Å². The Morgan fingerprint density at radius 1 is 1.31 bits per heavy atom. The van der Waals surface area contributed by atoms with Crippen molar-refractivity contribution in [2.45, 2.75) is 38.0 Å². The Balaban J connectivity index is 2.06. The van der Waals surface area contributed by atoms with Gasteiger partial charge in [-0.15, -0.1) is 15.3 Å². The van der Waals surface area contributed by atoms with Gasteiger partial charge in [-0.2, -0.15) is 0 Å². The summed E-state index contributed by atoms with van der Waals surface area (Å²) >= 11 is 1.23. The Morgan fingerprint density at radius 3 is 2.62 bits per heavy atom. The van der Waals surface area contributed by atoms with Crippen molar-refractivity contribution in [3.05, 3.63) is 45.9 Å². The summed E-state index contributed by atoms with van der Waals surface area (Å²) in [7, 11) is 0. The number of nitrogens with zero attached hydrogens (tertiary/aromatic N) is 4. The third-order valence-corrected chi connectivity index (χ3v) is 7.33. The number of amides is 2. The number of hydrogen-bond donors (Lipinski definition) is 2. The highest BCUT2D eigenvalue weighted by Crippen LogP contribution is 2.59. The Kier molecular flexibility index (Phi) is 6.15. The van der Waals surface area contributed by atoms with Gasteiger partial charge in [0.15, 0.2) is 10.6 Å². The standard InChI is InChI=1S/C21H27FN6O3S/c1-3-7-16-25-26-18(32-16)21(27-12-10-24-11-13-27)20(14(2)17(23)29,31-19(30)28(21)22)15-8-5-4-6-9-15/h4-6,8-9,14,24H,3,7,10-13H2,1-2H3,(H2,23,29). The van der Waals surface area contributed by atoms with Gasteiger partial charge in [0.05, 0.1) is 5.92 Å². The quantitative estimate of drug-likeness (QED) is 0.604. The van der Waals surface area contributed by atoms with Gasteiger partial charge < -0.3 is 15.8 Å². The van der Waals surface area contributed by atoms with E-state index in [1.807, 2.05) is 11.8 Å². The first-order valence-electron chi connectivity index (χ1n) is 10.7. The molecule has 2 aliphatic heterocycles. The van der Waals surface area contributed by atoms with E-state index < -0.39 is 29.2 Å². The molecule has 0 aliphatic carbocycles. The second kappa shape index (κ2) is 8.72. The second-order valence-electron chi connectivity index (χ2n) is 8.03. The summed E-state index contributed by atoms with van der Waals surface area (Å²) in [4.78, 5) is 27.4. The predicted octanol–water partition coefficient (Wildman–Crippen LogP) is 1.90. The van der Waals surface area contributed by atoms with E-state index in [1.165, 1.54) is 11.3 Å². The molecule has 11 heteroatoms. The number of hydrogen-bond acceptors (Lipinski definition) is 8. The Morgan fingerprint density at radius 2 is 2.00 bits per heavy atom. The Hall–Kier alpha value is -2.63. The van der Waals surface area contributed by atoms with E-state index in [2.05, 4.69) is 15.5 Å². The van der Waals surface area contributed by atoms with Crippen LogP contribution in [0.1, 0.15) is 35.8 Å². The number of piperazine rings is 1. The van der Waals surface area contributed by atoms with Crippen LogP contribution >= 0.6 is 11.3 Å². The summed E-state index contributed by atoms with van der Waals surface area (Å²) in [5.41, 5.74) is 2.63. The molecular formula is C21H27FN6O3S. The third kappa shape index (κ3) is 3.18. The van der Waals surface area contributed by atoms with Crippen molar-refractivity contribution in [1.29, 1.82) is 0 Å². The molecule has 2 saturated heterocycles. The number of aromatic nitrogens is 2. The lowest BCUT2D eigenvalue weighted by molar-refractivity contribution is -0.198. The first kappa shape index (κ1) is 22.6. The van der Waals surface area contributed by atoms with E-state index in [1.54, 1.807) is 37.3 Å². The summed E-state index contributed by atoms with van der Waals surface area (Å²) in [6.07, 6.45) is 0.318. The Labute approximate surface area is 189 Å². The van der Waals surface area contributed by atoms with Crippen LogP contribution in [0.15, 0.2) is 30.3 Å². The van der Waals surface area contributed by atoms with Gasteiger partial charge in [0.2, 0.25) is 11.6 Å². The molecule has 1 aromatic heterocycles. The number of ether oxygens (including phenoxy) is 1. The molecule has 9 nitrogen and oxygen atoms in total. The monoisotopic (exact) mass is 462 g/mol. The van der Waals surface area contributed by atoms with Crippen LogP contribution in [0.4, 0.5) is 9.28 Å². The molecule has 3 atom stereocenters. The van der Waals surface area contributed by atoms with Crippen LogP contribution in [0.25, 0.3) is 0 Å². The van der Waals surface area contributed by atoms with E-state index in [4.69, 9.17) is 10.5 Å². The van der Waals surface area contributed by atoms with Gasteiger partial charge in [0.1, 0.15) is 5.01 Å². The van der Waals surface area contributed by atoms with Crippen molar-refractivity contribution in [3.8, 4) is 0 Å². The zero-order valence-electron chi connectivity index (χ0n) is 18.1. The molecule has 2 aromatic rings. The summed E-state index contributed by atoms with van der Waals surface area (Å²) in [6, 6.07) is 8.75. The number of rotatable bonds is 7. The van der Waals surface area contributed by atoms with Crippen molar-refractivity contribution >= 4 is 23.3 Å². The van der Waals surface area contributed by atoms with Crippen LogP contribution in [0.3, 0.4) is 0 Å². The number of halogens is 1. The largest absolute Gasteiger partial charge is 0.441 e. The van der Waals surface area contributed by atoms with E-state index in [9.17, 15) is 9.59 Å². The minimum atomic E-state index is -1.84. The summed E-state index contributed by atoms with van der Waals surface area (Å²) in [5.74, 6) is -1.78. The van der Waals surface area contributed by atoms with Crippen LogP contribution in [0.5, 0.6) is 0 Å². The van der Waals surface area contributed by atoms with Crippen molar-refractivity contribution in [2.75, 3.05) is 26.2 Å². The fraction of sp³-hybridized carbons (Fsp3) is 0.524. The summed E-state index contributed by atoms with van der Waals surface area (Å²) in [6.45, 7) is 5.52. The SMILES string of the molecule is CCCc1nnc(C2(N3CCNCC3)N(F)C(=O)OC2(c2ccccc2)C(C)C(N)=O)s1. The summed E-state index contributed by atoms with van der Waals surface area (Å²) in [5, 5.41) is 12.9. The smallest absolute Gasteiger partial charge is 0.431 e. The number of aryl methyl sites for hydroxylation is 1. The van der Waals surface area contributed by atoms with Crippen LogP contribution in [0, 0.1) is 5.92 Å². The molecule has 0 spiro atoms. The highest BCUT2D eigenvalue weighted by atomic mass is 32.1. The fourth-order valence-electron chi connectivity index (χ4n) is 4.75. The summed E-state index contributed by atoms with van der Waals surface area (Å²) < 4.78 is 22.0.